The summed E-state index contributed by atoms with van der Waals surface area (Å²) in [7, 11) is 4.50. The Morgan fingerprint density at radius 1 is 1.31 bits per heavy atom. The maximum atomic E-state index is 3.38. The number of rotatable bonds is 7. The molecule has 0 spiro atoms. The summed E-state index contributed by atoms with van der Waals surface area (Å²) in [5.74, 6) is 0.931. The molecule has 1 aliphatic heterocycles. The van der Waals surface area contributed by atoms with Gasteiger partial charge in [0.05, 0.1) is 0 Å². The zero-order chi connectivity index (χ0) is 11.8. The molecule has 3 nitrogen and oxygen atoms in total. The number of hydrogen-bond donors (Lipinski definition) is 1. The molecule has 0 aromatic carbocycles. The van der Waals surface area contributed by atoms with Gasteiger partial charge >= 0.3 is 0 Å². The molecular weight excluding hydrogens is 198 g/mol. The number of hydrogen-bond acceptors (Lipinski definition) is 3. The van der Waals surface area contributed by atoms with E-state index in [1.54, 1.807) is 0 Å². The van der Waals surface area contributed by atoms with Gasteiger partial charge < -0.3 is 15.1 Å². The third-order valence-corrected chi connectivity index (χ3v) is 3.55. The predicted octanol–water partition coefficient (Wildman–Crippen LogP) is 1.26. The first-order chi connectivity index (χ1) is 7.72. The zero-order valence-electron chi connectivity index (χ0n) is 11.3. The van der Waals surface area contributed by atoms with Crippen LogP contribution in [0.3, 0.4) is 0 Å². The molecule has 0 amide bonds. The van der Waals surface area contributed by atoms with Gasteiger partial charge in [-0.3, -0.25) is 0 Å². The van der Waals surface area contributed by atoms with Gasteiger partial charge in [0.2, 0.25) is 0 Å². The minimum atomic E-state index is 0.931. The van der Waals surface area contributed by atoms with Gasteiger partial charge in [0, 0.05) is 6.54 Å². The van der Waals surface area contributed by atoms with Crippen molar-refractivity contribution in [3.63, 3.8) is 0 Å². The molecule has 1 heterocycles. The van der Waals surface area contributed by atoms with E-state index in [2.05, 4.69) is 36.1 Å². The quantitative estimate of drug-likeness (QED) is 0.661. The lowest BCUT2D eigenvalue weighted by atomic mass is 9.97. The monoisotopic (exact) mass is 227 g/mol. The molecule has 3 heteroatoms. The van der Waals surface area contributed by atoms with Crippen molar-refractivity contribution in [2.24, 2.45) is 5.92 Å². The highest BCUT2D eigenvalue weighted by molar-refractivity contribution is 4.72. The standard InChI is InChI=1S/C13H29N3/c1-4-14-8-5-9-16(3)12-13-6-10-15(2)11-7-13/h13-14H,4-12H2,1-3H3. The SMILES string of the molecule is CCNCCCN(C)CC1CCN(C)CC1. The average Bonchev–Trinajstić information content (AvgIpc) is 2.28. The fourth-order valence-corrected chi connectivity index (χ4v) is 2.43. The summed E-state index contributed by atoms with van der Waals surface area (Å²) in [6.07, 6.45) is 4.04. The van der Waals surface area contributed by atoms with Crippen molar-refractivity contribution in [1.29, 1.82) is 0 Å². The molecule has 0 aromatic rings. The summed E-state index contributed by atoms with van der Waals surface area (Å²) >= 11 is 0. The van der Waals surface area contributed by atoms with Crippen molar-refractivity contribution >= 4 is 0 Å². The highest BCUT2D eigenvalue weighted by Gasteiger charge is 2.17. The van der Waals surface area contributed by atoms with E-state index in [4.69, 9.17) is 0 Å². The van der Waals surface area contributed by atoms with Crippen LogP contribution >= 0.6 is 0 Å². The molecule has 0 bridgehead atoms. The van der Waals surface area contributed by atoms with Crippen LogP contribution in [-0.2, 0) is 0 Å². The molecule has 1 N–H and O–H groups in total. The molecule has 1 saturated heterocycles. The molecule has 0 saturated carbocycles. The zero-order valence-corrected chi connectivity index (χ0v) is 11.3. The van der Waals surface area contributed by atoms with Gasteiger partial charge in [-0.15, -0.1) is 0 Å². The van der Waals surface area contributed by atoms with Crippen molar-refractivity contribution in [3.8, 4) is 0 Å². The number of likely N-dealkylation sites (tertiary alicyclic amines) is 1. The molecule has 1 fully saturated rings. The van der Waals surface area contributed by atoms with Gasteiger partial charge in [0.25, 0.3) is 0 Å². The normalized spacial score (nSPS) is 19.5. The molecule has 16 heavy (non-hydrogen) atoms. The van der Waals surface area contributed by atoms with Crippen molar-refractivity contribution in [2.75, 3.05) is 53.4 Å². The summed E-state index contributed by atoms with van der Waals surface area (Å²) in [6, 6.07) is 0. The molecule has 0 radical (unpaired) electrons. The minimum Gasteiger partial charge on any atom is -0.317 e. The second-order valence-electron chi connectivity index (χ2n) is 5.22. The number of piperidine rings is 1. The van der Waals surface area contributed by atoms with Crippen LogP contribution in [0, 0.1) is 5.92 Å². The molecular formula is C13H29N3. The summed E-state index contributed by atoms with van der Waals surface area (Å²) in [5, 5.41) is 3.38. The van der Waals surface area contributed by atoms with E-state index in [9.17, 15) is 0 Å². The second-order valence-corrected chi connectivity index (χ2v) is 5.22. The van der Waals surface area contributed by atoms with E-state index < -0.39 is 0 Å². The highest BCUT2D eigenvalue weighted by atomic mass is 15.1. The maximum absolute atomic E-state index is 3.38. The van der Waals surface area contributed by atoms with Crippen LogP contribution in [-0.4, -0.2) is 63.2 Å². The maximum Gasteiger partial charge on any atom is 0.000757 e. The lowest BCUT2D eigenvalue weighted by Crippen LogP contribution is -2.36. The van der Waals surface area contributed by atoms with Crippen LogP contribution in [0.5, 0.6) is 0 Å². The molecule has 0 atom stereocenters. The van der Waals surface area contributed by atoms with Gasteiger partial charge in [0.15, 0.2) is 0 Å². The Morgan fingerprint density at radius 2 is 2.00 bits per heavy atom. The molecule has 1 rings (SSSR count). The Morgan fingerprint density at radius 3 is 2.62 bits per heavy atom. The summed E-state index contributed by atoms with van der Waals surface area (Å²) in [4.78, 5) is 4.95. The van der Waals surface area contributed by atoms with Gasteiger partial charge in [-0.1, -0.05) is 6.92 Å². The van der Waals surface area contributed by atoms with Crippen molar-refractivity contribution < 1.29 is 0 Å². The average molecular weight is 227 g/mol. The Balaban J connectivity index is 2.02. The Bertz CT molecular complexity index is 165. The summed E-state index contributed by atoms with van der Waals surface area (Å²) in [5.41, 5.74) is 0. The van der Waals surface area contributed by atoms with Gasteiger partial charge in [0.1, 0.15) is 0 Å². The largest absolute Gasteiger partial charge is 0.317 e. The van der Waals surface area contributed by atoms with E-state index in [1.165, 1.54) is 45.4 Å². The van der Waals surface area contributed by atoms with E-state index in [0.29, 0.717) is 0 Å². The van der Waals surface area contributed by atoms with Crippen molar-refractivity contribution in [2.45, 2.75) is 26.2 Å². The minimum absolute atomic E-state index is 0.931. The van der Waals surface area contributed by atoms with Crippen LogP contribution in [0.15, 0.2) is 0 Å². The third kappa shape index (κ3) is 5.83. The van der Waals surface area contributed by atoms with Crippen molar-refractivity contribution in [1.82, 2.24) is 15.1 Å². The van der Waals surface area contributed by atoms with Crippen molar-refractivity contribution in [3.05, 3.63) is 0 Å². The Hall–Kier alpha value is -0.120. The van der Waals surface area contributed by atoms with Crippen LogP contribution < -0.4 is 5.32 Å². The topological polar surface area (TPSA) is 18.5 Å². The molecule has 0 aromatic heterocycles. The molecule has 1 aliphatic rings. The lowest BCUT2D eigenvalue weighted by molar-refractivity contribution is 0.175. The van der Waals surface area contributed by atoms with Crippen LogP contribution in [0.25, 0.3) is 0 Å². The first kappa shape index (κ1) is 13.9. The lowest BCUT2D eigenvalue weighted by Gasteiger charge is -2.31. The van der Waals surface area contributed by atoms with Crippen LogP contribution in [0.4, 0.5) is 0 Å². The smallest absolute Gasteiger partial charge is 0.000757 e. The van der Waals surface area contributed by atoms with E-state index in [-0.39, 0.29) is 0 Å². The third-order valence-electron chi connectivity index (χ3n) is 3.55. The summed E-state index contributed by atoms with van der Waals surface area (Å²) < 4.78 is 0. The second kappa shape index (κ2) is 8.04. The first-order valence-corrected chi connectivity index (χ1v) is 6.80. The number of nitrogens with zero attached hydrogens (tertiary/aromatic N) is 2. The van der Waals surface area contributed by atoms with E-state index in [0.717, 1.165) is 19.0 Å². The predicted molar refractivity (Wildman–Crippen MR) is 70.9 cm³/mol. The van der Waals surface area contributed by atoms with Gasteiger partial charge in [-0.25, -0.2) is 0 Å². The molecule has 96 valence electrons. The van der Waals surface area contributed by atoms with E-state index in [1.807, 2.05) is 0 Å². The van der Waals surface area contributed by atoms with Gasteiger partial charge in [-0.05, 0) is 72.0 Å². The Kier molecular flexibility index (Phi) is 7.01. The summed E-state index contributed by atoms with van der Waals surface area (Å²) in [6.45, 7) is 9.53. The van der Waals surface area contributed by atoms with Crippen LogP contribution in [0.1, 0.15) is 26.2 Å². The van der Waals surface area contributed by atoms with E-state index >= 15 is 0 Å². The fourth-order valence-electron chi connectivity index (χ4n) is 2.43. The highest BCUT2D eigenvalue weighted by Crippen LogP contribution is 2.16. The molecule has 0 aliphatic carbocycles. The fraction of sp³-hybridized carbons (Fsp3) is 1.00. The number of nitrogens with one attached hydrogen (secondary N) is 1. The van der Waals surface area contributed by atoms with Crippen LogP contribution in [0.2, 0.25) is 0 Å². The first-order valence-electron chi connectivity index (χ1n) is 6.80. The van der Waals surface area contributed by atoms with Gasteiger partial charge in [-0.2, -0.15) is 0 Å². The Labute approximate surface area is 101 Å². The molecule has 0 unspecified atom stereocenters.